The number of benzene rings is 3. The van der Waals surface area contributed by atoms with Crippen molar-refractivity contribution in [3.63, 3.8) is 0 Å². The predicted molar refractivity (Wildman–Crippen MR) is 138 cm³/mol. The molecule has 0 aliphatic heterocycles. The van der Waals surface area contributed by atoms with Crippen LogP contribution in [0, 0.1) is 11.3 Å². The molecule has 3 aromatic rings. The normalized spacial score (nSPS) is 22.8. The maximum absolute atomic E-state index is 13.5. The maximum Gasteiger partial charge on any atom is 0.164 e. The van der Waals surface area contributed by atoms with Crippen LogP contribution in [0.15, 0.2) is 91.0 Å². The zero-order valence-electron chi connectivity index (χ0n) is 20.9. The van der Waals surface area contributed by atoms with Crippen LogP contribution < -0.4 is 0 Å². The summed E-state index contributed by atoms with van der Waals surface area (Å²) >= 11 is 0. The van der Waals surface area contributed by atoms with Crippen LogP contribution in [-0.2, 0) is 38.8 Å². The van der Waals surface area contributed by atoms with Gasteiger partial charge in [0.05, 0.1) is 25.9 Å². The van der Waals surface area contributed by atoms with Gasteiger partial charge in [-0.2, -0.15) is 0 Å². The molecule has 0 spiro atoms. The van der Waals surface area contributed by atoms with Gasteiger partial charge in [0.1, 0.15) is 12.2 Å². The highest BCUT2D eigenvalue weighted by Crippen LogP contribution is 2.41. The Morgan fingerprint density at radius 2 is 1.03 bits per heavy atom. The summed E-state index contributed by atoms with van der Waals surface area (Å²) in [6, 6.07) is 30.1. The SMILES string of the molecule is CC(C)(C)[C@@H]1CC(=O)[C@@H](OCc2ccccc2)[C@H](OCc2ccccc2)[C@H]1OCc1ccccc1. The Kier molecular flexibility index (Phi) is 8.50. The van der Waals surface area contributed by atoms with Crippen LogP contribution in [0.4, 0.5) is 0 Å². The highest BCUT2D eigenvalue weighted by molar-refractivity contribution is 5.85. The lowest BCUT2D eigenvalue weighted by Crippen LogP contribution is -2.57. The number of Topliss-reactive ketones (excluding diaryl/α,β-unsaturated/α-hetero) is 1. The lowest BCUT2D eigenvalue weighted by atomic mass is 9.68. The second-order valence-corrected chi connectivity index (χ2v) is 10.4. The fraction of sp³-hybridized carbons (Fsp3) is 0.387. The van der Waals surface area contributed by atoms with E-state index in [0.29, 0.717) is 26.2 Å². The molecule has 1 aliphatic carbocycles. The van der Waals surface area contributed by atoms with Crippen molar-refractivity contribution < 1.29 is 19.0 Å². The smallest absolute Gasteiger partial charge is 0.164 e. The fourth-order valence-electron chi connectivity index (χ4n) is 4.71. The van der Waals surface area contributed by atoms with Crippen molar-refractivity contribution >= 4 is 5.78 Å². The summed E-state index contributed by atoms with van der Waals surface area (Å²) in [6.07, 6.45) is -1.06. The van der Waals surface area contributed by atoms with E-state index >= 15 is 0 Å². The summed E-state index contributed by atoms with van der Waals surface area (Å²) in [5.74, 6) is 0.0922. The Labute approximate surface area is 209 Å². The highest BCUT2D eigenvalue weighted by atomic mass is 16.6. The van der Waals surface area contributed by atoms with E-state index in [9.17, 15) is 4.79 Å². The van der Waals surface area contributed by atoms with Gasteiger partial charge in [-0.3, -0.25) is 4.79 Å². The Morgan fingerprint density at radius 1 is 0.629 bits per heavy atom. The van der Waals surface area contributed by atoms with Crippen LogP contribution in [0.3, 0.4) is 0 Å². The summed E-state index contributed by atoms with van der Waals surface area (Å²) in [5, 5.41) is 0. The molecule has 0 heterocycles. The summed E-state index contributed by atoms with van der Waals surface area (Å²) in [7, 11) is 0. The van der Waals surface area contributed by atoms with E-state index in [0.717, 1.165) is 16.7 Å². The van der Waals surface area contributed by atoms with E-state index in [1.807, 2.05) is 78.9 Å². The van der Waals surface area contributed by atoms with Gasteiger partial charge >= 0.3 is 0 Å². The first-order chi connectivity index (χ1) is 16.9. The molecule has 0 radical (unpaired) electrons. The molecule has 35 heavy (non-hydrogen) atoms. The lowest BCUT2D eigenvalue weighted by Gasteiger charge is -2.46. The molecule has 4 heteroatoms. The second-order valence-electron chi connectivity index (χ2n) is 10.4. The van der Waals surface area contributed by atoms with Crippen LogP contribution in [0.5, 0.6) is 0 Å². The average molecular weight is 473 g/mol. The Hall–Kier alpha value is -2.79. The number of ketones is 1. The van der Waals surface area contributed by atoms with E-state index in [1.54, 1.807) is 0 Å². The van der Waals surface area contributed by atoms with Gasteiger partial charge in [-0.25, -0.2) is 0 Å². The average Bonchev–Trinajstić information content (AvgIpc) is 2.87. The molecule has 0 amide bonds. The Balaban J connectivity index is 1.60. The molecule has 184 valence electrons. The van der Waals surface area contributed by atoms with Gasteiger partial charge in [-0.15, -0.1) is 0 Å². The molecule has 4 nitrogen and oxygen atoms in total. The minimum Gasteiger partial charge on any atom is -0.370 e. The van der Waals surface area contributed by atoms with Crippen LogP contribution in [0.1, 0.15) is 43.9 Å². The first kappa shape index (κ1) is 25.3. The van der Waals surface area contributed by atoms with Gasteiger partial charge in [0, 0.05) is 6.42 Å². The standard InChI is InChI=1S/C31H36O4/c1-31(2,3)26-19-27(32)29(34-21-24-15-9-5-10-16-24)30(35-22-25-17-11-6-12-18-25)28(26)33-20-23-13-7-4-8-14-23/h4-18,26,28-30H,19-22H2,1-3H3/t26-,28+,29-,30-/m1/s1. The lowest BCUT2D eigenvalue weighted by molar-refractivity contribution is -0.200. The number of ether oxygens (including phenoxy) is 3. The minimum atomic E-state index is -0.682. The van der Waals surface area contributed by atoms with Crippen molar-refractivity contribution in [2.24, 2.45) is 11.3 Å². The van der Waals surface area contributed by atoms with Crippen LogP contribution >= 0.6 is 0 Å². The molecular formula is C31H36O4. The molecular weight excluding hydrogens is 436 g/mol. The van der Waals surface area contributed by atoms with Crippen molar-refractivity contribution in [2.75, 3.05) is 0 Å². The number of hydrogen-bond acceptors (Lipinski definition) is 4. The van der Waals surface area contributed by atoms with Gasteiger partial charge in [0.15, 0.2) is 5.78 Å². The predicted octanol–water partition coefficient (Wildman–Crippen LogP) is 6.38. The zero-order valence-corrected chi connectivity index (χ0v) is 20.9. The third-order valence-electron chi connectivity index (χ3n) is 6.71. The van der Waals surface area contributed by atoms with Crippen molar-refractivity contribution in [1.82, 2.24) is 0 Å². The molecule has 4 atom stereocenters. The number of rotatable bonds is 9. The molecule has 0 N–H and O–H groups in total. The van der Waals surface area contributed by atoms with Gasteiger partial charge in [0.2, 0.25) is 0 Å². The Morgan fingerprint density at radius 3 is 1.46 bits per heavy atom. The van der Waals surface area contributed by atoms with E-state index in [4.69, 9.17) is 14.2 Å². The summed E-state index contributed by atoms with van der Waals surface area (Å²) in [5.41, 5.74) is 3.05. The quantitative estimate of drug-likeness (QED) is 0.363. The first-order valence-corrected chi connectivity index (χ1v) is 12.4. The molecule has 3 aromatic carbocycles. The van der Waals surface area contributed by atoms with Gasteiger partial charge in [-0.1, -0.05) is 112 Å². The summed E-state index contributed by atoms with van der Waals surface area (Å²) in [6.45, 7) is 7.72. The van der Waals surface area contributed by atoms with E-state index in [-0.39, 0.29) is 23.2 Å². The van der Waals surface area contributed by atoms with Crippen LogP contribution in [0.25, 0.3) is 0 Å². The van der Waals surface area contributed by atoms with Crippen molar-refractivity contribution in [2.45, 2.75) is 65.3 Å². The maximum atomic E-state index is 13.5. The van der Waals surface area contributed by atoms with Gasteiger partial charge < -0.3 is 14.2 Å². The zero-order chi connectivity index (χ0) is 24.7. The van der Waals surface area contributed by atoms with Gasteiger partial charge in [-0.05, 0) is 28.0 Å². The summed E-state index contributed by atoms with van der Waals surface area (Å²) in [4.78, 5) is 13.5. The molecule has 0 unspecified atom stereocenters. The molecule has 0 aromatic heterocycles. The molecule has 4 rings (SSSR count). The molecule has 0 bridgehead atoms. The molecule has 1 fully saturated rings. The van der Waals surface area contributed by atoms with Crippen LogP contribution in [-0.4, -0.2) is 24.1 Å². The third-order valence-corrected chi connectivity index (χ3v) is 6.71. The fourth-order valence-corrected chi connectivity index (χ4v) is 4.71. The number of hydrogen-bond donors (Lipinski definition) is 0. The van der Waals surface area contributed by atoms with E-state index in [2.05, 4.69) is 32.9 Å². The molecule has 1 aliphatic rings. The van der Waals surface area contributed by atoms with Crippen molar-refractivity contribution in [3.8, 4) is 0 Å². The first-order valence-electron chi connectivity index (χ1n) is 12.4. The van der Waals surface area contributed by atoms with Crippen molar-refractivity contribution in [3.05, 3.63) is 108 Å². The number of carbonyl (C=O) groups excluding carboxylic acids is 1. The summed E-state index contributed by atoms with van der Waals surface area (Å²) < 4.78 is 19.3. The Bertz CT molecular complexity index is 1040. The van der Waals surface area contributed by atoms with E-state index < -0.39 is 12.2 Å². The van der Waals surface area contributed by atoms with Crippen LogP contribution in [0.2, 0.25) is 0 Å². The largest absolute Gasteiger partial charge is 0.370 e. The molecule has 0 saturated heterocycles. The number of carbonyl (C=O) groups is 1. The van der Waals surface area contributed by atoms with Crippen molar-refractivity contribution in [1.29, 1.82) is 0 Å². The minimum absolute atomic E-state index is 0.0102. The van der Waals surface area contributed by atoms with E-state index in [1.165, 1.54) is 0 Å². The second kappa shape index (κ2) is 11.8. The van der Waals surface area contributed by atoms with Gasteiger partial charge in [0.25, 0.3) is 0 Å². The third kappa shape index (κ3) is 6.88. The molecule has 1 saturated carbocycles. The highest BCUT2D eigenvalue weighted by Gasteiger charge is 2.50. The topological polar surface area (TPSA) is 44.8 Å². The monoisotopic (exact) mass is 472 g/mol.